The van der Waals surface area contributed by atoms with E-state index < -0.39 is 11.7 Å². The molecule has 6 rings (SSSR count). The van der Waals surface area contributed by atoms with Gasteiger partial charge in [-0.3, -0.25) is 9.78 Å². The van der Waals surface area contributed by atoms with Gasteiger partial charge < -0.3 is 19.3 Å². The van der Waals surface area contributed by atoms with Crippen LogP contribution in [0.1, 0.15) is 54.9 Å². The largest absolute Gasteiger partial charge is 0.496 e. The molecule has 242 valence electrons. The van der Waals surface area contributed by atoms with Crippen molar-refractivity contribution in [1.29, 1.82) is 5.26 Å². The Kier molecular flexibility index (Phi) is 8.64. The van der Waals surface area contributed by atoms with Gasteiger partial charge in [-0.15, -0.1) is 0 Å². The van der Waals surface area contributed by atoms with Crippen LogP contribution < -0.4 is 4.74 Å². The number of benzene rings is 2. The minimum Gasteiger partial charge on any atom is -0.496 e. The van der Waals surface area contributed by atoms with Crippen molar-refractivity contribution in [3.63, 3.8) is 0 Å². The van der Waals surface area contributed by atoms with Gasteiger partial charge in [-0.1, -0.05) is 23.2 Å². The Balaban J connectivity index is 1.46. The maximum atomic E-state index is 14.3. The molecular formula is C35H34Cl2N6O4. The molecule has 10 nitrogen and oxygen atoms in total. The lowest BCUT2D eigenvalue weighted by Gasteiger charge is -2.40. The van der Waals surface area contributed by atoms with E-state index in [0.29, 0.717) is 65.2 Å². The number of halogens is 2. The molecular weight excluding hydrogens is 639 g/mol. The van der Waals surface area contributed by atoms with Crippen LogP contribution in [0.3, 0.4) is 0 Å². The Morgan fingerprint density at radius 3 is 2.40 bits per heavy atom. The van der Waals surface area contributed by atoms with E-state index in [1.807, 2.05) is 39.8 Å². The number of hydrogen-bond acceptors (Lipinski definition) is 7. The van der Waals surface area contributed by atoms with Gasteiger partial charge in [0.2, 0.25) is 0 Å². The molecule has 1 saturated heterocycles. The highest BCUT2D eigenvalue weighted by Gasteiger charge is 2.37. The zero-order valence-corrected chi connectivity index (χ0v) is 28.3. The van der Waals surface area contributed by atoms with E-state index in [-0.39, 0.29) is 11.9 Å². The Hall–Kier alpha value is -4.59. The Bertz CT molecular complexity index is 1920. The molecule has 1 aliphatic carbocycles. The third-order valence-electron chi connectivity index (χ3n) is 8.32. The number of hydrogen-bond donors (Lipinski definition) is 0. The number of fused-ring (bicyclic) bond motifs is 3. The minimum atomic E-state index is -0.613. The van der Waals surface area contributed by atoms with Crippen molar-refractivity contribution in [3.05, 3.63) is 81.2 Å². The number of rotatable bonds is 4. The molecule has 4 aromatic rings. The van der Waals surface area contributed by atoms with Gasteiger partial charge in [-0.25, -0.2) is 9.48 Å². The molecule has 0 saturated carbocycles. The van der Waals surface area contributed by atoms with Gasteiger partial charge in [0.1, 0.15) is 17.4 Å². The Morgan fingerprint density at radius 1 is 1.00 bits per heavy atom. The summed E-state index contributed by atoms with van der Waals surface area (Å²) in [6.07, 6.45) is 4.03. The summed E-state index contributed by atoms with van der Waals surface area (Å²) in [6, 6.07) is 12.8. The third kappa shape index (κ3) is 6.38. The highest BCUT2D eigenvalue weighted by molar-refractivity contribution is 6.34. The van der Waals surface area contributed by atoms with Crippen LogP contribution in [0.15, 0.2) is 48.8 Å². The molecule has 1 fully saturated rings. The van der Waals surface area contributed by atoms with Gasteiger partial charge >= 0.3 is 6.09 Å². The average molecular weight is 674 g/mol. The number of ether oxygens (including phenoxy) is 2. The summed E-state index contributed by atoms with van der Waals surface area (Å²) < 4.78 is 13.1. The molecule has 1 unspecified atom stereocenters. The molecule has 2 aromatic heterocycles. The van der Waals surface area contributed by atoms with Crippen molar-refractivity contribution in [2.24, 2.45) is 0 Å². The lowest BCUT2D eigenvalue weighted by atomic mass is 9.86. The molecule has 1 atom stereocenters. The fourth-order valence-electron chi connectivity index (χ4n) is 6.22. The fourth-order valence-corrected chi connectivity index (χ4v) is 6.74. The van der Waals surface area contributed by atoms with Crippen molar-refractivity contribution in [3.8, 4) is 39.9 Å². The van der Waals surface area contributed by atoms with E-state index in [0.717, 1.165) is 33.5 Å². The summed E-state index contributed by atoms with van der Waals surface area (Å²) in [5, 5.41) is 15.3. The quantitative estimate of drug-likeness (QED) is 0.230. The number of nitriles is 1. The van der Waals surface area contributed by atoms with Gasteiger partial charge in [0, 0.05) is 70.4 Å². The zero-order valence-electron chi connectivity index (χ0n) is 26.8. The topological polar surface area (TPSA) is 114 Å². The maximum Gasteiger partial charge on any atom is 0.410 e. The first-order chi connectivity index (χ1) is 22.4. The number of aryl methyl sites for hydroxylation is 1. The van der Waals surface area contributed by atoms with Gasteiger partial charge in [0.15, 0.2) is 5.69 Å². The van der Waals surface area contributed by atoms with E-state index in [1.165, 1.54) is 6.20 Å². The lowest BCUT2D eigenvalue weighted by Crippen LogP contribution is -2.56. The van der Waals surface area contributed by atoms with Crippen molar-refractivity contribution in [1.82, 2.24) is 24.6 Å². The molecule has 2 aromatic carbocycles. The SMILES string of the molecule is COc1cc2c(cc1-c1cncc(C#N)c1)-c1c(c(C(=O)N3CCN(C(=O)OC(C)(C)C)CC3C)nn1-c1cc(Cl)cc(Cl)c1)CC2. The summed E-state index contributed by atoms with van der Waals surface area (Å²) in [6.45, 7) is 8.44. The predicted octanol–water partition coefficient (Wildman–Crippen LogP) is 6.97. The summed E-state index contributed by atoms with van der Waals surface area (Å²) >= 11 is 12.9. The molecule has 1 aliphatic heterocycles. The summed E-state index contributed by atoms with van der Waals surface area (Å²) in [7, 11) is 1.61. The van der Waals surface area contributed by atoms with Crippen LogP contribution in [0.25, 0.3) is 28.1 Å². The van der Waals surface area contributed by atoms with Gasteiger partial charge in [-0.2, -0.15) is 10.4 Å². The second-order valence-electron chi connectivity index (χ2n) is 12.8. The normalized spacial score (nSPS) is 15.8. The molecule has 0 N–H and O–H groups in total. The van der Waals surface area contributed by atoms with Crippen LogP contribution in [0.2, 0.25) is 10.0 Å². The Morgan fingerprint density at radius 2 is 1.74 bits per heavy atom. The molecule has 12 heteroatoms. The van der Waals surface area contributed by atoms with Crippen LogP contribution in [0, 0.1) is 11.3 Å². The van der Waals surface area contributed by atoms with E-state index >= 15 is 0 Å². The first-order valence-electron chi connectivity index (χ1n) is 15.3. The second kappa shape index (κ2) is 12.5. The number of carbonyl (C=O) groups is 2. The third-order valence-corrected chi connectivity index (χ3v) is 8.76. The van der Waals surface area contributed by atoms with E-state index in [2.05, 4.69) is 11.1 Å². The highest BCUT2D eigenvalue weighted by Crippen LogP contribution is 2.43. The first kappa shape index (κ1) is 32.4. The number of methoxy groups -OCH3 is 1. The first-order valence-corrected chi connectivity index (χ1v) is 16.1. The monoisotopic (exact) mass is 672 g/mol. The van der Waals surface area contributed by atoms with E-state index in [1.54, 1.807) is 52.1 Å². The van der Waals surface area contributed by atoms with Crippen LogP contribution >= 0.6 is 23.2 Å². The number of aromatic nitrogens is 3. The van der Waals surface area contributed by atoms with Crippen molar-refractivity contribution in [2.45, 2.75) is 52.2 Å². The van der Waals surface area contributed by atoms with Gasteiger partial charge in [0.25, 0.3) is 5.91 Å². The number of carbonyl (C=O) groups excluding carboxylic acids is 2. The fraction of sp³-hybridized carbons (Fsp3) is 0.343. The lowest BCUT2D eigenvalue weighted by molar-refractivity contribution is 0.00602. The van der Waals surface area contributed by atoms with Crippen molar-refractivity contribution in [2.75, 3.05) is 26.7 Å². The van der Waals surface area contributed by atoms with Gasteiger partial charge in [0.05, 0.1) is 24.1 Å². The predicted molar refractivity (Wildman–Crippen MR) is 179 cm³/mol. The van der Waals surface area contributed by atoms with Crippen molar-refractivity contribution < 1.29 is 19.1 Å². The van der Waals surface area contributed by atoms with E-state index in [4.69, 9.17) is 37.8 Å². The second-order valence-corrected chi connectivity index (χ2v) is 13.6. The molecule has 0 radical (unpaired) electrons. The molecule has 2 aliphatic rings. The Labute approximate surface area is 283 Å². The number of nitrogens with zero attached hydrogens (tertiary/aromatic N) is 6. The van der Waals surface area contributed by atoms with Crippen molar-refractivity contribution >= 4 is 35.2 Å². The number of amides is 2. The highest BCUT2D eigenvalue weighted by atomic mass is 35.5. The zero-order chi connectivity index (χ0) is 33.6. The summed E-state index contributed by atoms with van der Waals surface area (Å²) in [5.74, 6) is 0.432. The maximum absolute atomic E-state index is 14.3. The average Bonchev–Trinajstić information content (AvgIpc) is 3.43. The smallest absolute Gasteiger partial charge is 0.410 e. The van der Waals surface area contributed by atoms with Crippen LogP contribution in [0.5, 0.6) is 5.75 Å². The molecule has 0 spiro atoms. The molecule has 2 amide bonds. The van der Waals surface area contributed by atoms with E-state index in [9.17, 15) is 14.9 Å². The van der Waals surface area contributed by atoms with Gasteiger partial charge in [-0.05, 0) is 82.5 Å². The van der Waals surface area contributed by atoms with Crippen LogP contribution in [-0.2, 0) is 17.6 Å². The summed E-state index contributed by atoms with van der Waals surface area (Å²) in [4.78, 5) is 34.8. The van der Waals surface area contributed by atoms with Crippen LogP contribution in [0.4, 0.5) is 4.79 Å². The minimum absolute atomic E-state index is 0.215. The number of pyridine rings is 1. The molecule has 0 bridgehead atoms. The number of piperazine rings is 1. The van der Waals surface area contributed by atoms with Crippen LogP contribution in [-0.4, -0.2) is 75.0 Å². The molecule has 47 heavy (non-hydrogen) atoms. The molecule has 3 heterocycles. The standard InChI is InChI=1S/C35H34Cl2N6O4/c1-20-19-41(34(45)47-35(2,3)4)8-9-42(20)33(44)31-27-7-6-22-11-30(46-5)28(23-10-21(16-38)17-39-18-23)15-29(22)32(27)43(40-31)26-13-24(36)12-25(37)14-26/h10-15,17-18,20H,6-9,19H2,1-5H3. The summed E-state index contributed by atoms with van der Waals surface area (Å²) in [5.41, 5.74) is 5.68.